The van der Waals surface area contributed by atoms with E-state index < -0.39 is 11.9 Å². The standard InChI is InChI=1S/C15H10ClNO4/c16-10-5-6-11(14(18)19)9(7-10)8-17-13-4-2-1-3-12(13)15(20)21/h1-8H,(H,18,19)(H,20,21)/b17-8+. The van der Waals surface area contributed by atoms with Crippen molar-refractivity contribution in [3.63, 3.8) is 0 Å². The Morgan fingerprint density at radius 3 is 2.33 bits per heavy atom. The van der Waals surface area contributed by atoms with E-state index in [4.69, 9.17) is 21.8 Å². The van der Waals surface area contributed by atoms with Crippen molar-refractivity contribution < 1.29 is 19.8 Å². The van der Waals surface area contributed by atoms with Crippen molar-refractivity contribution in [3.05, 3.63) is 64.2 Å². The minimum atomic E-state index is -1.11. The van der Waals surface area contributed by atoms with E-state index >= 15 is 0 Å². The molecule has 0 heterocycles. The molecule has 21 heavy (non-hydrogen) atoms. The van der Waals surface area contributed by atoms with E-state index in [1.54, 1.807) is 12.1 Å². The third-order valence-electron chi connectivity index (χ3n) is 2.72. The summed E-state index contributed by atoms with van der Waals surface area (Å²) in [6.07, 6.45) is 1.29. The number of aromatic carboxylic acids is 2. The summed E-state index contributed by atoms with van der Waals surface area (Å²) in [7, 11) is 0. The molecular formula is C15H10ClNO4. The van der Waals surface area contributed by atoms with Crippen LogP contribution in [0.2, 0.25) is 5.02 Å². The molecule has 2 aromatic rings. The second-order valence-electron chi connectivity index (χ2n) is 4.12. The highest BCUT2D eigenvalue weighted by molar-refractivity contribution is 6.31. The summed E-state index contributed by atoms with van der Waals surface area (Å²) in [6, 6.07) is 10.5. The van der Waals surface area contributed by atoms with Gasteiger partial charge in [0, 0.05) is 16.8 Å². The molecule has 0 saturated carbocycles. The number of halogens is 1. The zero-order chi connectivity index (χ0) is 15.4. The van der Waals surface area contributed by atoms with Crippen LogP contribution >= 0.6 is 11.6 Å². The highest BCUT2D eigenvalue weighted by Gasteiger charge is 2.10. The van der Waals surface area contributed by atoms with Crippen LogP contribution in [0.25, 0.3) is 0 Å². The highest BCUT2D eigenvalue weighted by Crippen LogP contribution is 2.20. The van der Waals surface area contributed by atoms with Crippen LogP contribution in [0.1, 0.15) is 26.3 Å². The van der Waals surface area contributed by atoms with Crippen LogP contribution in [0, 0.1) is 0 Å². The van der Waals surface area contributed by atoms with Gasteiger partial charge in [-0.15, -0.1) is 0 Å². The number of nitrogens with zero attached hydrogens (tertiary/aromatic N) is 1. The van der Waals surface area contributed by atoms with Crippen molar-refractivity contribution in [2.45, 2.75) is 0 Å². The Morgan fingerprint density at radius 1 is 1.00 bits per heavy atom. The molecule has 5 nitrogen and oxygen atoms in total. The third-order valence-corrected chi connectivity index (χ3v) is 2.96. The topological polar surface area (TPSA) is 87.0 Å². The molecule has 0 spiro atoms. The van der Waals surface area contributed by atoms with E-state index in [0.29, 0.717) is 10.6 Å². The number of hydrogen-bond acceptors (Lipinski definition) is 3. The molecule has 0 fully saturated rings. The van der Waals surface area contributed by atoms with E-state index in [0.717, 1.165) is 0 Å². The van der Waals surface area contributed by atoms with Crippen molar-refractivity contribution in [2.24, 2.45) is 4.99 Å². The first-order valence-electron chi connectivity index (χ1n) is 5.88. The van der Waals surface area contributed by atoms with Gasteiger partial charge in [0.15, 0.2) is 0 Å². The van der Waals surface area contributed by atoms with Gasteiger partial charge in [0.1, 0.15) is 0 Å². The summed E-state index contributed by atoms with van der Waals surface area (Å²) in [6.45, 7) is 0. The van der Waals surface area contributed by atoms with Crippen LogP contribution < -0.4 is 0 Å². The van der Waals surface area contributed by atoms with Gasteiger partial charge in [-0.1, -0.05) is 23.7 Å². The summed E-state index contributed by atoms with van der Waals surface area (Å²) >= 11 is 5.84. The minimum absolute atomic E-state index is 0.0349. The number of benzene rings is 2. The zero-order valence-electron chi connectivity index (χ0n) is 10.7. The normalized spacial score (nSPS) is 10.7. The van der Waals surface area contributed by atoms with Crippen LogP contribution in [0.3, 0.4) is 0 Å². The molecule has 0 unspecified atom stereocenters. The van der Waals surface area contributed by atoms with E-state index in [9.17, 15) is 9.59 Å². The molecule has 0 aliphatic carbocycles. The summed E-state index contributed by atoms with van der Waals surface area (Å²) < 4.78 is 0. The van der Waals surface area contributed by atoms with Gasteiger partial charge >= 0.3 is 11.9 Å². The predicted molar refractivity (Wildman–Crippen MR) is 79.1 cm³/mol. The molecule has 0 aromatic heterocycles. The first-order chi connectivity index (χ1) is 9.99. The van der Waals surface area contributed by atoms with Crippen molar-refractivity contribution in [1.82, 2.24) is 0 Å². The van der Waals surface area contributed by atoms with Crippen molar-refractivity contribution >= 4 is 35.4 Å². The molecule has 2 aromatic carbocycles. The monoisotopic (exact) mass is 303 g/mol. The minimum Gasteiger partial charge on any atom is -0.478 e. The molecule has 0 aliphatic rings. The van der Waals surface area contributed by atoms with Gasteiger partial charge in [0.25, 0.3) is 0 Å². The summed E-state index contributed by atoms with van der Waals surface area (Å²) in [5.74, 6) is -2.22. The Kier molecular flexibility index (Phi) is 4.35. The maximum atomic E-state index is 11.1. The van der Waals surface area contributed by atoms with Crippen LogP contribution in [0.5, 0.6) is 0 Å². The Morgan fingerprint density at radius 2 is 1.67 bits per heavy atom. The highest BCUT2D eigenvalue weighted by atomic mass is 35.5. The maximum absolute atomic E-state index is 11.1. The lowest BCUT2D eigenvalue weighted by Gasteiger charge is -2.03. The van der Waals surface area contributed by atoms with Crippen LogP contribution in [0.15, 0.2) is 47.5 Å². The fourth-order valence-corrected chi connectivity index (χ4v) is 1.92. The molecule has 0 aliphatic heterocycles. The number of aliphatic imine (C=N–C) groups is 1. The molecule has 0 saturated heterocycles. The van der Waals surface area contributed by atoms with Crippen molar-refractivity contribution in [1.29, 1.82) is 0 Å². The molecule has 0 radical (unpaired) electrons. The summed E-state index contributed by atoms with van der Waals surface area (Å²) in [5, 5.41) is 18.5. The third kappa shape index (κ3) is 3.46. The summed E-state index contributed by atoms with van der Waals surface area (Å²) in [4.78, 5) is 26.2. The molecular weight excluding hydrogens is 294 g/mol. The lowest BCUT2D eigenvalue weighted by atomic mass is 10.1. The average molecular weight is 304 g/mol. The molecule has 0 amide bonds. The largest absolute Gasteiger partial charge is 0.478 e. The molecule has 0 bridgehead atoms. The molecule has 6 heteroatoms. The molecule has 2 rings (SSSR count). The van der Waals surface area contributed by atoms with Gasteiger partial charge in [0.05, 0.1) is 16.8 Å². The fourth-order valence-electron chi connectivity index (χ4n) is 1.74. The Labute approximate surface area is 125 Å². The zero-order valence-corrected chi connectivity index (χ0v) is 11.4. The number of rotatable bonds is 4. The van der Waals surface area contributed by atoms with Gasteiger partial charge in [-0.25, -0.2) is 9.59 Å². The van der Waals surface area contributed by atoms with Crippen LogP contribution in [-0.4, -0.2) is 28.4 Å². The lowest BCUT2D eigenvalue weighted by Crippen LogP contribution is -2.02. The number of para-hydroxylation sites is 1. The summed E-state index contributed by atoms with van der Waals surface area (Å²) in [5.41, 5.74) is 0.611. The Balaban J connectivity index is 2.45. The number of hydrogen-bond donors (Lipinski definition) is 2. The first kappa shape index (κ1) is 14.7. The van der Waals surface area contributed by atoms with Gasteiger partial charge in [-0.3, -0.25) is 4.99 Å². The van der Waals surface area contributed by atoms with Gasteiger partial charge in [-0.05, 0) is 30.3 Å². The number of carboxylic acid groups (broad SMARTS) is 2. The smallest absolute Gasteiger partial charge is 0.337 e. The molecule has 106 valence electrons. The Hall–Kier alpha value is -2.66. The average Bonchev–Trinajstić information content (AvgIpc) is 2.45. The molecule has 2 N–H and O–H groups in total. The Bertz CT molecular complexity index is 740. The van der Waals surface area contributed by atoms with Gasteiger partial charge in [-0.2, -0.15) is 0 Å². The van der Waals surface area contributed by atoms with Gasteiger partial charge in [0.2, 0.25) is 0 Å². The SMILES string of the molecule is O=C(O)c1ccc(Cl)cc1/C=N/c1ccccc1C(=O)O. The lowest BCUT2D eigenvalue weighted by molar-refractivity contribution is 0.0686. The second-order valence-corrected chi connectivity index (χ2v) is 4.55. The number of carboxylic acids is 2. The first-order valence-corrected chi connectivity index (χ1v) is 6.26. The maximum Gasteiger partial charge on any atom is 0.337 e. The van der Waals surface area contributed by atoms with E-state index in [-0.39, 0.29) is 16.8 Å². The fraction of sp³-hybridized carbons (Fsp3) is 0. The quantitative estimate of drug-likeness (QED) is 0.846. The van der Waals surface area contributed by atoms with E-state index in [1.165, 1.54) is 36.5 Å². The van der Waals surface area contributed by atoms with E-state index in [2.05, 4.69) is 4.99 Å². The van der Waals surface area contributed by atoms with Gasteiger partial charge < -0.3 is 10.2 Å². The second kappa shape index (κ2) is 6.19. The number of carbonyl (C=O) groups is 2. The van der Waals surface area contributed by atoms with Crippen molar-refractivity contribution in [3.8, 4) is 0 Å². The van der Waals surface area contributed by atoms with E-state index in [1.807, 2.05) is 0 Å². The predicted octanol–water partition coefficient (Wildman–Crippen LogP) is 3.49. The van der Waals surface area contributed by atoms with Crippen LogP contribution in [0.4, 0.5) is 5.69 Å². The van der Waals surface area contributed by atoms with Crippen LogP contribution in [-0.2, 0) is 0 Å². The van der Waals surface area contributed by atoms with Crippen molar-refractivity contribution in [2.75, 3.05) is 0 Å². The molecule has 0 atom stereocenters.